The van der Waals surface area contributed by atoms with Gasteiger partial charge in [-0.1, -0.05) is 42.5 Å². The SMILES string of the molecule is CNC(=O)NCc1cccc(CNC(=O)c2ccccc2)c1. The number of nitrogens with one attached hydrogen (secondary N) is 3. The fourth-order valence-electron chi connectivity index (χ4n) is 1.99. The van der Waals surface area contributed by atoms with Crippen molar-refractivity contribution in [1.82, 2.24) is 16.0 Å². The summed E-state index contributed by atoms with van der Waals surface area (Å²) in [4.78, 5) is 23.1. The van der Waals surface area contributed by atoms with Gasteiger partial charge in [0.1, 0.15) is 0 Å². The molecule has 3 amide bonds. The Hall–Kier alpha value is -2.82. The first kappa shape index (κ1) is 15.6. The predicted octanol–water partition coefficient (Wildman–Crippen LogP) is 2.05. The van der Waals surface area contributed by atoms with Crippen molar-refractivity contribution in [1.29, 1.82) is 0 Å². The van der Waals surface area contributed by atoms with Gasteiger partial charge in [-0.05, 0) is 23.3 Å². The van der Waals surface area contributed by atoms with Crippen LogP contribution < -0.4 is 16.0 Å². The van der Waals surface area contributed by atoms with Gasteiger partial charge in [0.25, 0.3) is 5.91 Å². The first-order valence-electron chi connectivity index (χ1n) is 7.05. The molecular formula is C17H19N3O2. The summed E-state index contributed by atoms with van der Waals surface area (Å²) in [7, 11) is 1.57. The van der Waals surface area contributed by atoms with Crippen LogP contribution in [0.3, 0.4) is 0 Å². The summed E-state index contributed by atoms with van der Waals surface area (Å²) in [6, 6.07) is 16.6. The standard InChI is InChI=1S/C17H19N3O2/c1-18-17(22)20-12-14-7-5-6-13(10-14)11-19-16(21)15-8-3-2-4-9-15/h2-10H,11-12H2,1H3,(H,19,21)(H2,18,20,22). The minimum Gasteiger partial charge on any atom is -0.348 e. The van der Waals surface area contributed by atoms with E-state index in [9.17, 15) is 9.59 Å². The largest absolute Gasteiger partial charge is 0.348 e. The monoisotopic (exact) mass is 297 g/mol. The normalized spacial score (nSPS) is 9.86. The second-order valence-corrected chi connectivity index (χ2v) is 4.80. The molecular weight excluding hydrogens is 278 g/mol. The van der Waals surface area contributed by atoms with Crippen LogP contribution in [0.2, 0.25) is 0 Å². The van der Waals surface area contributed by atoms with E-state index in [4.69, 9.17) is 0 Å². The molecule has 0 aromatic heterocycles. The lowest BCUT2D eigenvalue weighted by atomic mass is 10.1. The zero-order chi connectivity index (χ0) is 15.8. The van der Waals surface area contributed by atoms with Crippen LogP contribution in [0, 0.1) is 0 Å². The van der Waals surface area contributed by atoms with E-state index in [-0.39, 0.29) is 11.9 Å². The molecule has 2 rings (SSSR count). The Morgan fingerprint density at radius 1 is 0.864 bits per heavy atom. The van der Waals surface area contributed by atoms with Crippen molar-refractivity contribution in [2.75, 3.05) is 7.05 Å². The Kier molecular flexibility index (Phi) is 5.54. The molecule has 2 aromatic carbocycles. The van der Waals surface area contributed by atoms with Gasteiger partial charge in [-0.15, -0.1) is 0 Å². The van der Waals surface area contributed by atoms with Gasteiger partial charge in [0.2, 0.25) is 0 Å². The number of benzene rings is 2. The molecule has 0 atom stereocenters. The van der Waals surface area contributed by atoms with E-state index < -0.39 is 0 Å². The van der Waals surface area contributed by atoms with E-state index in [1.165, 1.54) is 0 Å². The van der Waals surface area contributed by atoms with Crippen LogP contribution in [0.25, 0.3) is 0 Å². The third-order valence-corrected chi connectivity index (χ3v) is 3.16. The number of urea groups is 1. The molecule has 0 heterocycles. The zero-order valence-electron chi connectivity index (χ0n) is 12.4. The van der Waals surface area contributed by atoms with Crippen molar-refractivity contribution < 1.29 is 9.59 Å². The third-order valence-electron chi connectivity index (χ3n) is 3.16. The Balaban J connectivity index is 1.90. The topological polar surface area (TPSA) is 70.2 Å². The number of carbonyl (C=O) groups is 2. The highest BCUT2D eigenvalue weighted by atomic mass is 16.2. The smallest absolute Gasteiger partial charge is 0.314 e. The maximum atomic E-state index is 12.0. The second kappa shape index (κ2) is 7.83. The average molecular weight is 297 g/mol. The van der Waals surface area contributed by atoms with Crippen molar-refractivity contribution in [3.05, 3.63) is 71.3 Å². The summed E-state index contributed by atoms with van der Waals surface area (Å²) in [6.07, 6.45) is 0. The summed E-state index contributed by atoms with van der Waals surface area (Å²) >= 11 is 0. The van der Waals surface area contributed by atoms with Gasteiger partial charge in [0, 0.05) is 25.7 Å². The van der Waals surface area contributed by atoms with E-state index in [2.05, 4.69) is 16.0 Å². The minimum atomic E-state index is -0.220. The molecule has 0 radical (unpaired) electrons. The predicted molar refractivity (Wildman–Crippen MR) is 85.3 cm³/mol. The van der Waals surface area contributed by atoms with E-state index in [0.717, 1.165) is 11.1 Å². The first-order valence-corrected chi connectivity index (χ1v) is 7.05. The van der Waals surface area contributed by atoms with Gasteiger partial charge in [-0.2, -0.15) is 0 Å². The Morgan fingerprint density at radius 3 is 2.14 bits per heavy atom. The third kappa shape index (κ3) is 4.63. The fraction of sp³-hybridized carbons (Fsp3) is 0.176. The lowest BCUT2D eigenvalue weighted by Crippen LogP contribution is -2.32. The Labute approximate surface area is 129 Å². The van der Waals surface area contributed by atoms with Gasteiger partial charge in [-0.25, -0.2) is 4.79 Å². The summed E-state index contributed by atoms with van der Waals surface area (Å²) in [6.45, 7) is 0.891. The molecule has 0 unspecified atom stereocenters. The molecule has 5 heteroatoms. The molecule has 0 fully saturated rings. The maximum absolute atomic E-state index is 12.0. The van der Waals surface area contributed by atoms with Crippen LogP contribution >= 0.6 is 0 Å². The van der Waals surface area contributed by atoms with Crippen LogP contribution in [-0.4, -0.2) is 19.0 Å². The van der Waals surface area contributed by atoms with E-state index in [1.807, 2.05) is 42.5 Å². The first-order chi connectivity index (χ1) is 10.7. The van der Waals surface area contributed by atoms with Crippen LogP contribution in [0.1, 0.15) is 21.5 Å². The Bertz CT molecular complexity index is 641. The zero-order valence-corrected chi connectivity index (χ0v) is 12.4. The molecule has 114 valence electrons. The summed E-state index contributed by atoms with van der Waals surface area (Å²) in [5, 5.41) is 8.11. The molecule has 0 aliphatic rings. The van der Waals surface area contributed by atoms with Gasteiger partial charge >= 0.3 is 6.03 Å². The molecule has 0 aliphatic carbocycles. The van der Waals surface area contributed by atoms with Crippen molar-refractivity contribution in [2.24, 2.45) is 0 Å². The van der Waals surface area contributed by atoms with Gasteiger partial charge in [-0.3, -0.25) is 4.79 Å². The highest BCUT2D eigenvalue weighted by Crippen LogP contribution is 2.06. The average Bonchev–Trinajstić information content (AvgIpc) is 2.58. The highest BCUT2D eigenvalue weighted by molar-refractivity contribution is 5.94. The number of hydrogen-bond acceptors (Lipinski definition) is 2. The quantitative estimate of drug-likeness (QED) is 0.790. The molecule has 0 aliphatic heterocycles. The van der Waals surface area contributed by atoms with Crippen LogP contribution in [0.4, 0.5) is 4.79 Å². The maximum Gasteiger partial charge on any atom is 0.314 e. The summed E-state index contributed by atoms with van der Waals surface area (Å²) in [5.41, 5.74) is 2.61. The number of carbonyl (C=O) groups excluding carboxylic acids is 2. The molecule has 22 heavy (non-hydrogen) atoms. The second-order valence-electron chi connectivity index (χ2n) is 4.80. The lowest BCUT2D eigenvalue weighted by molar-refractivity contribution is 0.0951. The molecule has 0 saturated carbocycles. The lowest BCUT2D eigenvalue weighted by Gasteiger charge is -2.08. The van der Waals surface area contributed by atoms with Crippen molar-refractivity contribution >= 4 is 11.9 Å². The van der Waals surface area contributed by atoms with Crippen molar-refractivity contribution in [3.63, 3.8) is 0 Å². The van der Waals surface area contributed by atoms with Crippen LogP contribution in [0.5, 0.6) is 0 Å². The number of amides is 3. The molecule has 5 nitrogen and oxygen atoms in total. The van der Waals surface area contributed by atoms with Crippen LogP contribution in [0.15, 0.2) is 54.6 Å². The van der Waals surface area contributed by atoms with Gasteiger partial charge in [0.15, 0.2) is 0 Å². The van der Waals surface area contributed by atoms with E-state index >= 15 is 0 Å². The molecule has 3 N–H and O–H groups in total. The molecule has 2 aromatic rings. The van der Waals surface area contributed by atoms with Crippen LogP contribution in [-0.2, 0) is 13.1 Å². The molecule has 0 spiro atoms. The minimum absolute atomic E-state index is 0.102. The van der Waals surface area contributed by atoms with E-state index in [1.54, 1.807) is 19.2 Å². The Morgan fingerprint density at radius 2 is 1.50 bits per heavy atom. The van der Waals surface area contributed by atoms with Gasteiger partial charge < -0.3 is 16.0 Å². The number of hydrogen-bond donors (Lipinski definition) is 3. The number of rotatable bonds is 5. The molecule has 0 saturated heterocycles. The highest BCUT2D eigenvalue weighted by Gasteiger charge is 2.04. The van der Waals surface area contributed by atoms with Crippen molar-refractivity contribution in [3.8, 4) is 0 Å². The summed E-state index contributed by atoms with van der Waals surface area (Å²) in [5.74, 6) is -0.102. The van der Waals surface area contributed by atoms with E-state index in [0.29, 0.717) is 18.7 Å². The molecule has 0 bridgehead atoms. The summed E-state index contributed by atoms with van der Waals surface area (Å²) < 4.78 is 0. The van der Waals surface area contributed by atoms with Gasteiger partial charge in [0.05, 0.1) is 0 Å². The van der Waals surface area contributed by atoms with Crippen molar-refractivity contribution in [2.45, 2.75) is 13.1 Å². The fourth-order valence-corrected chi connectivity index (χ4v) is 1.99.